The number of methoxy groups -OCH3 is 1. The molecule has 0 amide bonds. The van der Waals surface area contributed by atoms with E-state index in [1.165, 1.54) is 32.2 Å². The third-order valence-electron chi connectivity index (χ3n) is 5.00. The summed E-state index contributed by atoms with van der Waals surface area (Å²) in [7, 11) is 1.37. The molecule has 1 saturated heterocycles. The van der Waals surface area contributed by atoms with E-state index in [4.69, 9.17) is 33.2 Å². The van der Waals surface area contributed by atoms with E-state index in [2.05, 4.69) is 0 Å². The number of Topliss-reactive ketones (excluding diaryl/α,β-unsaturated/α-hetero) is 1. The second-order valence-corrected chi connectivity index (χ2v) is 7.83. The number of carbonyl (C=O) groups is 5. The van der Waals surface area contributed by atoms with Gasteiger partial charge < -0.3 is 33.2 Å². The summed E-state index contributed by atoms with van der Waals surface area (Å²) in [5, 5.41) is 0. The molecule has 0 unspecified atom stereocenters. The van der Waals surface area contributed by atoms with Crippen LogP contribution in [0.15, 0.2) is 18.2 Å². The SMILES string of the molecule is CCC(=O)c1ccc(O[C@@H]2O[C@H](COC(C)=O)[C@@H](OC(C)=O)[C@H](OC(C)=O)[C@H]2OC(C)=O)c(OC)c1. The van der Waals surface area contributed by atoms with Crippen molar-refractivity contribution in [2.75, 3.05) is 13.7 Å². The molecule has 0 aromatic heterocycles. The third kappa shape index (κ3) is 7.67. The number of rotatable bonds is 10. The number of ether oxygens (including phenoxy) is 7. The molecule has 12 heteroatoms. The Kier molecular flexibility index (Phi) is 10.2. The molecule has 1 aliphatic heterocycles. The maximum atomic E-state index is 12.1. The van der Waals surface area contributed by atoms with Gasteiger partial charge in [-0.15, -0.1) is 0 Å². The lowest BCUT2D eigenvalue weighted by molar-refractivity contribution is -0.288. The van der Waals surface area contributed by atoms with Crippen molar-refractivity contribution in [2.45, 2.75) is 71.7 Å². The largest absolute Gasteiger partial charge is 0.493 e. The van der Waals surface area contributed by atoms with Crippen molar-refractivity contribution >= 4 is 29.7 Å². The van der Waals surface area contributed by atoms with Crippen LogP contribution in [-0.2, 0) is 42.9 Å². The molecule has 0 saturated carbocycles. The van der Waals surface area contributed by atoms with E-state index in [1.807, 2.05) is 0 Å². The van der Waals surface area contributed by atoms with Crippen LogP contribution in [0.4, 0.5) is 0 Å². The van der Waals surface area contributed by atoms with E-state index in [0.717, 1.165) is 20.8 Å². The highest BCUT2D eigenvalue weighted by Crippen LogP contribution is 2.35. The fraction of sp³-hybridized carbons (Fsp3) is 0.542. The fourth-order valence-corrected chi connectivity index (χ4v) is 3.55. The molecule has 12 nitrogen and oxygen atoms in total. The lowest BCUT2D eigenvalue weighted by Crippen LogP contribution is -2.63. The zero-order chi connectivity index (χ0) is 27.0. The third-order valence-corrected chi connectivity index (χ3v) is 5.00. The highest BCUT2D eigenvalue weighted by atomic mass is 16.7. The maximum Gasteiger partial charge on any atom is 0.303 e. The van der Waals surface area contributed by atoms with Gasteiger partial charge in [0.15, 0.2) is 29.5 Å². The first-order valence-electron chi connectivity index (χ1n) is 11.1. The van der Waals surface area contributed by atoms with Gasteiger partial charge in [-0.1, -0.05) is 6.92 Å². The summed E-state index contributed by atoms with van der Waals surface area (Å²) in [4.78, 5) is 59.2. The van der Waals surface area contributed by atoms with Gasteiger partial charge in [0.25, 0.3) is 0 Å². The molecule has 198 valence electrons. The van der Waals surface area contributed by atoms with Crippen LogP contribution in [0, 0.1) is 0 Å². The molecule has 1 heterocycles. The number of esters is 4. The predicted octanol–water partition coefficient (Wildman–Crippen LogP) is 1.75. The van der Waals surface area contributed by atoms with Gasteiger partial charge in [0, 0.05) is 39.7 Å². The Morgan fingerprint density at radius 1 is 0.806 bits per heavy atom. The number of benzene rings is 1. The number of hydrogen-bond acceptors (Lipinski definition) is 12. The summed E-state index contributed by atoms with van der Waals surface area (Å²) in [5.41, 5.74) is 0.392. The summed E-state index contributed by atoms with van der Waals surface area (Å²) < 4.78 is 38.3. The summed E-state index contributed by atoms with van der Waals surface area (Å²) >= 11 is 0. The standard InChI is InChI=1S/C24H30O12/c1-7-17(29)16-8-9-18(19(10-16)30-6)35-24-23(34-15(5)28)22(33-14(4)27)21(32-13(3)26)20(36-24)11-31-12(2)25/h8-10,20-24H,7,11H2,1-6H3/t20-,21-,22+,23-,24-/m1/s1. The minimum absolute atomic E-state index is 0.117. The van der Waals surface area contributed by atoms with Crippen molar-refractivity contribution in [1.29, 1.82) is 0 Å². The fourth-order valence-electron chi connectivity index (χ4n) is 3.55. The highest BCUT2D eigenvalue weighted by molar-refractivity contribution is 5.96. The van der Waals surface area contributed by atoms with Crippen LogP contribution in [0.3, 0.4) is 0 Å². The van der Waals surface area contributed by atoms with Gasteiger partial charge in [-0.25, -0.2) is 0 Å². The molecule has 1 fully saturated rings. The van der Waals surface area contributed by atoms with E-state index in [-0.39, 0.29) is 23.7 Å². The van der Waals surface area contributed by atoms with E-state index in [9.17, 15) is 24.0 Å². The van der Waals surface area contributed by atoms with E-state index in [1.54, 1.807) is 6.92 Å². The van der Waals surface area contributed by atoms with Crippen molar-refractivity contribution in [3.8, 4) is 11.5 Å². The summed E-state index contributed by atoms with van der Waals surface area (Å²) in [6.45, 7) is 5.87. The normalized spacial score (nSPS) is 23.1. The molecule has 1 aliphatic rings. The Morgan fingerprint density at radius 2 is 1.39 bits per heavy atom. The molecule has 5 atom stereocenters. The lowest BCUT2D eigenvalue weighted by atomic mass is 9.98. The van der Waals surface area contributed by atoms with Crippen LogP contribution in [0.1, 0.15) is 51.4 Å². The van der Waals surface area contributed by atoms with Crippen molar-refractivity contribution in [2.24, 2.45) is 0 Å². The van der Waals surface area contributed by atoms with Crippen LogP contribution < -0.4 is 9.47 Å². The molecule has 0 spiro atoms. The average Bonchev–Trinajstić information content (AvgIpc) is 2.80. The first-order chi connectivity index (χ1) is 17.0. The molecule has 1 aromatic rings. The van der Waals surface area contributed by atoms with Crippen molar-refractivity contribution in [3.05, 3.63) is 23.8 Å². The van der Waals surface area contributed by atoms with Crippen molar-refractivity contribution in [3.63, 3.8) is 0 Å². The van der Waals surface area contributed by atoms with Crippen LogP contribution >= 0.6 is 0 Å². The Hall–Kier alpha value is -3.67. The van der Waals surface area contributed by atoms with Crippen LogP contribution in [0.2, 0.25) is 0 Å². The minimum atomic E-state index is -1.42. The van der Waals surface area contributed by atoms with Gasteiger partial charge in [-0.2, -0.15) is 0 Å². The average molecular weight is 510 g/mol. The zero-order valence-electron chi connectivity index (χ0n) is 20.9. The first-order valence-corrected chi connectivity index (χ1v) is 11.1. The van der Waals surface area contributed by atoms with Gasteiger partial charge in [0.2, 0.25) is 12.4 Å². The number of carbonyl (C=O) groups excluding carboxylic acids is 5. The number of ketones is 1. The minimum Gasteiger partial charge on any atom is -0.493 e. The quantitative estimate of drug-likeness (QED) is 0.256. The summed E-state index contributed by atoms with van der Waals surface area (Å²) in [6.07, 6.45) is -6.38. The van der Waals surface area contributed by atoms with Crippen molar-refractivity contribution < 1.29 is 57.1 Å². The van der Waals surface area contributed by atoms with E-state index >= 15 is 0 Å². The van der Waals surface area contributed by atoms with Crippen molar-refractivity contribution in [1.82, 2.24) is 0 Å². The molecule has 2 rings (SSSR count). The Balaban J connectivity index is 2.52. The van der Waals surface area contributed by atoms with Gasteiger partial charge in [-0.05, 0) is 18.2 Å². The van der Waals surface area contributed by atoms with Gasteiger partial charge in [0.05, 0.1) is 7.11 Å². The van der Waals surface area contributed by atoms with Crippen LogP contribution in [0.5, 0.6) is 11.5 Å². The Labute approximate surface area is 208 Å². The molecule has 0 N–H and O–H groups in total. The smallest absolute Gasteiger partial charge is 0.303 e. The lowest BCUT2D eigenvalue weighted by Gasteiger charge is -2.44. The zero-order valence-corrected chi connectivity index (χ0v) is 20.9. The Bertz CT molecular complexity index is 987. The highest BCUT2D eigenvalue weighted by Gasteiger charge is 2.53. The molecular formula is C24H30O12. The van der Waals surface area contributed by atoms with E-state index in [0.29, 0.717) is 5.56 Å². The van der Waals surface area contributed by atoms with Crippen LogP contribution in [-0.4, -0.2) is 74.1 Å². The predicted molar refractivity (Wildman–Crippen MR) is 120 cm³/mol. The summed E-state index contributed by atoms with van der Waals surface area (Å²) in [5.74, 6) is -2.72. The molecule has 0 bridgehead atoms. The second kappa shape index (κ2) is 12.9. The molecule has 1 aromatic carbocycles. The first kappa shape index (κ1) is 28.6. The van der Waals surface area contributed by atoms with E-state index < -0.39 is 61.2 Å². The molecule has 0 radical (unpaired) electrons. The summed E-state index contributed by atoms with van der Waals surface area (Å²) in [6, 6.07) is 4.47. The maximum absolute atomic E-state index is 12.1. The Morgan fingerprint density at radius 3 is 1.92 bits per heavy atom. The van der Waals surface area contributed by atoms with Gasteiger partial charge >= 0.3 is 23.9 Å². The molecule has 36 heavy (non-hydrogen) atoms. The van der Waals surface area contributed by atoms with Gasteiger partial charge in [-0.3, -0.25) is 24.0 Å². The van der Waals surface area contributed by atoms with Gasteiger partial charge in [0.1, 0.15) is 12.7 Å². The molecule has 0 aliphatic carbocycles. The second-order valence-electron chi connectivity index (χ2n) is 7.83. The molecular weight excluding hydrogens is 480 g/mol. The number of hydrogen-bond donors (Lipinski definition) is 0. The topological polar surface area (TPSA) is 150 Å². The van der Waals surface area contributed by atoms with Crippen LogP contribution in [0.25, 0.3) is 0 Å². The monoisotopic (exact) mass is 510 g/mol.